The minimum absolute atomic E-state index is 0.318. The minimum atomic E-state index is 0.318. The van der Waals surface area contributed by atoms with Gasteiger partial charge in [-0.1, -0.05) is 0 Å². The van der Waals surface area contributed by atoms with E-state index in [9.17, 15) is 0 Å². The molecule has 3 heteroatoms. The maximum atomic E-state index is 5.70. The molecule has 0 unspecified atom stereocenters. The third kappa shape index (κ3) is 3.18. The predicted molar refractivity (Wildman–Crippen MR) is 47.6 cm³/mol. The van der Waals surface area contributed by atoms with Gasteiger partial charge < -0.3 is 10.6 Å². The van der Waals surface area contributed by atoms with E-state index < -0.39 is 0 Å². The molecule has 2 N–H and O–H groups in total. The van der Waals surface area contributed by atoms with Gasteiger partial charge >= 0.3 is 0 Å². The summed E-state index contributed by atoms with van der Waals surface area (Å²) in [4.78, 5) is 4.79. The van der Waals surface area contributed by atoms with E-state index in [1.54, 1.807) is 0 Å². The van der Waals surface area contributed by atoms with Crippen LogP contribution in [0.5, 0.6) is 0 Å². The number of nitrogens with zero attached hydrogens (tertiary/aromatic N) is 2. The SMILES string of the molecule is C[C@H](N)CN1CCN(C)CC1. The third-order valence-corrected chi connectivity index (χ3v) is 2.14. The van der Waals surface area contributed by atoms with E-state index in [0.29, 0.717) is 6.04 Å². The van der Waals surface area contributed by atoms with Crippen LogP contribution in [0.1, 0.15) is 6.92 Å². The molecule has 1 rings (SSSR count). The van der Waals surface area contributed by atoms with E-state index in [-0.39, 0.29) is 0 Å². The summed E-state index contributed by atoms with van der Waals surface area (Å²) in [6, 6.07) is 0.318. The molecule has 1 heterocycles. The number of hydrogen-bond donors (Lipinski definition) is 1. The van der Waals surface area contributed by atoms with Crippen molar-refractivity contribution in [2.75, 3.05) is 39.8 Å². The van der Waals surface area contributed by atoms with E-state index >= 15 is 0 Å². The Hall–Kier alpha value is -0.120. The lowest BCUT2D eigenvalue weighted by molar-refractivity contribution is 0.149. The molecule has 11 heavy (non-hydrogen) atoms. The van der Waals surface area contributed by atoms with Crippen LogP contribution in [0.15, 0.2) is 0 Å². The van der Waals surface area contributed by atoms with E-state index in [0.717, 1.165) is 6.54 Å². The molecule has 1 fully saturated rings. The molecule has 0 spiro atoms. The molecular weight excluding hydrogens is 138 g/mol. The van der Waals surface area contributed by atoms with Gasteiger partial charge in [-0.05, 0) is 14.0 Å². The van der Waals surface area contributed by atoms with Crippen molar-refractivity contribution in [1.82, 2.24) is 9.80 Å². The summed E-state index contributed by atoms with van der Waals surface area (Å²) >= 11 is 0. The molecule has 1 saturated heterocycles. The number of piperazine rings is 1. The quantitative estimate of drug-likeness (QED) is 0.591. The van der Waals surface area contributed by atoms with Gasteiger partial charge in [0.1, 0.15) is 0 Å². The van der Waals surface area contributed by atoms with Gasteiger partial charge in [-0.2, -0.15) is 0 Å². The zero-order valence-electron chi connectivity index (χ0n) is 7.58. The van der Waals surface area contributed by atoms with Crippen LogP contribution in [0.4, 0.5) is 0 Å². The summed E-state index contributed by atoms with van der Waals surface area (Å²) < 4.78 is 0. The van der Waals surface area contributed by atoms with Crippen LogP contribution in [0.3, 0.4) is 0 Å². The second-order valence-electron chi connectivity index (χ2n) is 3.58. The van der Waals surface area contributed by atoms with E-state index in [1.807, 2.05) is 0 Å². The van der Waals surface area contributed by atoms with Crippen LogP contribution < -0.4 is 5.73 Å². The van der Waals surface area contributed by atoms with Crippen molar-refractivity contribution < 1.29 is 0 Å². The van der Waals surface area contributed by atoms with Crippen molar-refractivity contribution in [3.05, 3.63) is 0 Å². The fraction of sp³-hybridized carbons (Fsp3) is 1.00. The topological polar surface area (TPSA) is 32.5 Å². The van der Waals surface area contributed by atoms with Crippen LogP contribution in [0.2, 0.25) is 0 Å². The van der Waals surface area contributed by atoms with Gasteiger partial charge in [-0.15, -0.1) is 0 Å². The Balaban J connectivity index is 2.17. The van der Waals surface area contributed by atoms with Gasteiger partial charge in [-0.3, -0.25) is 4.90 Å². The molecule has 1 aliphatic heterocycles. The summed E-state index contributed by atoms with van der Waals surface area (Å²) in [5, 5.41) is 0. The first kappa shape index (κ1) is 8.97. The fourth-order valence-electron chi connectivity index (χ4n) is 1.44. The Labute approximate surface area is 69.1 Å². The van der Waals surface area contributed by atoms with E-state index in [2.05, 4.69) is 23.8 Å². The number of hydrogen-bond acceptors (Lipinski definition) is 3. The first-order chi connectivity index (χ1) is 5.18. The van der Waals surface area contributed by atoms with E-state index in [4.69, 9.17) is 5.73 Å². The van der Waals surface area contributed by atoms with Crippen LogP contribution in [-0.2, 0) is 0 Å². The molecule has 3 nitrogen and oxygen atoms in total. The Bertz CT molecular complexity index is 106. The van der Waals surface area contributed by atoms with Crippen molar-refractivity contribution in [2.45, 2.75) is 13.0 Å². The second kappa shape index (κ2) is 4.04. The summed E-state index contributed by atoms with van der Waals surface area (Å²) in [6.45, 7) is 7.85. The standard InChI is InChI=1S/C8H19N3/c1-8(9)7-11-5-3-10(2)4-6-11/h8H,3-7,9H2,1-2H3/t8-/m0/s1. The maximum absolute atomic E-state index is 5.70. The lowest BCUT2D eigenvalue weighted by atomic mass is 10.3. The van der Waals surface area contributed by atoms with Crippen molar-refractivity contribution in [2.24, 2.45) is 5.73 Å². The van der Waals surface area contributed by atoms with Gasteiger partial charge in [0.15, 0.2) is 0 Å². The van der Waals surface area contributed by atoms with Crippen molar-refractivity contribution in [1.29, 1.82) is 0 Å². The van der Waals surface area contributed by atoms with Gasteiger partial charge in [-0.25, -0.2) is 0 Å². The largest absolute Gasteiger partial charge is 0.327 e. The molecule has 1 aliphatic rings. The molecule has 0 aromatic carbocycles. The Morgan fingerprint density at radius 2 is 1.82 bits per heavy atom. The highest BCUT2D eigenvalue weighted by molar-refractivity contribution is 4.71. The van der Waals surface area contributed by atoms with Crippen molar-refractivity contribution >= 4 is 0 Å². The molecular formula is C8H19N3. The highest BCUT2D eigenvalue weighted by Crippen LogP contribution is 1.98. The van der Waals surface area contributed by atoms with Gasteiger partial charge in [0.05, 0.1) is 0 Å². The van der Waals surface area contributed by atoms with Crippen molar-refractivity contribution in [3.63, 3.8) is 0 Å². The highest BCUT2D eigenvalue weighted by Gasteiger charge is 2.13. The smallest absolute Gasteiger partial charge is 0.0139 e. The summed E-state index contributed by atoms with van der Waals surface area (Å²) in [7, 11) is 2.17. The molecule has 0 saturated carbocycles. The zero-order valence-corrected chi connectivity index (χ0v) is 7.58. The molecule has 0 aromatic rings. The first-order valence-corrected chi connectivity index (χ1v) is 4.35. The summed E-state index contributed by atoms with van der Waals surface area (Å²) in [6.07, 6.45) is 0. The van der Waals surface area contributed by atoms with Gasteiger partial charge in [0, 0.05) is 38.8 Å². The lowest BCUT2D eigenvalue weighted by Gasteiger charge is -2.33. The first-order valence-electron chi connectivity index (χ1n) is 4.35. The van der Waals surface area contributed by atoms with Crippen LogP contribution in [-0.4, -0.2) is 55.6 Å². The molecule has 66 valence electrons. The van der Waals surface area contributed by atoms with E-state index in [1.165, 1.54) is 26.2 Å². The van der Waals surface area contributed by atoms with Gasteiger partial charge in [0.25, 0.3) is 0 Å². The maximum Gasteiger partial charge on any atom is 0.0139 e. The molecule has 0 amide bonds. The number of nitrogens with two attached hydrogens (primary N) is 1. The second-order valence-corrected chi connectivity index (χ2v) is 3.58. The normalized spacial score (nSPS) is 25.4. The summed E-state index contributed by atoms with van der Waals surface area (Å²) in [5.41, 5.74) is 5.70. The van der Waals surface area contributed by atoms with Gasteiger partial charge in [0.2, 0.25) is 0 Å². The average Bonchev–Trinajstić information content (AvgIpc) is 1.93. The number of likely N-dealkylation sites (N-methyl/N-ethyl adjacent to an activating group) is 1. The highest BCUT2D eigenvalue weighted by atomic mass is 15.2. The molecule has 0 radical (unpaired) electrons. The van der Waals surface area contributed by atoms with Crippen LogP contribution >= 0.6 is 0 Å². The van der Waals surface area contributed by atoms with Crippen molar-refractivity contribution in [3.8, 4) is 0 Å². The third-order valence-electron chi connectivity index (χ3n) is 2.14. The average molecular weight is 157 g/mol. The fourth-order valence-corrected chi connectivity index (χ4v) is 1.44. The van der Waals surface area contributed by atoms with Crippen LogP contribution in [0, 0.1) is 0 Å². The zero-order chi connectivity index (χ0) is 8.27. The van der Waals surface area contributed by atoms with Crippen LogP contribution in [0.25, 0.3) is 0 Å². The number of rotatable bonds is 2. The predicted octanol–water partition coefficient (Wildman–Crippen LogP) is -0.419. The molecule has 0 bridgehead atoms. The Kier molecular flexibility index (Phi) is 3.30. The minimum Gasteiger partial charge on any atom is -0.327 e. The summed E-state index contributed by atoms with van der Waals surface area (Å²) in [5.74, 6) is 0. The monoisotopic (exact) mass is 157 g/mol. The Morgan fingerprint density at radius 1 is 1.27 bits per heavy atom. The lowest BCUT2D eigenvalue weighted by Crippen LogP contribution is -2.47. The Morgan fingerprint density at radius 3 is 2.27 bits per heavy atom. The molecule has 1 atom stereocenters. The molecule has 0 aliphatic carbocycles. The molecule has 0 aromatic heterocycles.